The van der Waals surface area contributed by atoms with E-state index in [0.717, 1.165) is 4.31 Å². The first kappa shape index (κ1) is 15.1. The van der Waals surface area contributed by atoms with Crippen molar-refractivity contribution in [3.63, 3.8) is 0 Å². The number of nitrogens with zero attached hydrogens (tertiary/aromatic N) is 1. The van der Waals surface area contributed by atoms with Crippen molar-refractivity contribution < 1.29 is 18.3 Å². The molecule has 0 aromatic heterocycles. The van der Waals surface area contributed by atoms with Gasteiger partial charge in [0.1, 0.15) is 4.90 Å². The van der Waals surface area contributed by atoms with E-state index in [1.54, 1.807) is 43.3 Å². The van der Waals surface area contributed by atoms with E-state index in [-0.39, 0.29) is 10.5 Å². The molecule has 2 aromatic rings. The number of anilines is 1. The van der Waals surface area contributed by atoms with E-state index in [1.165, 1.54) is 19.2 Å². The summed E-state index contributed by atoms with van der Waals surface area (Å²) in [6.07, 6.45) is 0. The molecule has 0 fully saturated rings. The highest BCUT2D eigenvalue weighted by atomic mass is 32.2. The molecule has 0 aliphatic carbocycles. The Morgan fingerprint density at radius 1 is 1.10 bits per heavy atom. The predicted octanol–water partition coefficient (Wildman–Crippen LogP) is 2.52. The van der Waals surface area contributed by atoms with Crippen LogP contribution in [-0.4, -0.2) is 26.5 Å². The highest BCUT2D eigenvalue weighted by Gasteiger charge is 2.26. The molecule has 5 nitrogen and oxygen atoms in total. The Balaban J connectivity index is 2.57. The van der Waals surface area contributed by atoms with Gasteiger partial charge in [-0.05, 0) is 31.2 Å². The molecule has 0 saturated heterocycles. The number of carbonyl (C=O) groups is 1. The van der Waals surface area contributed by atoms with Crippen molar-refractivity contribution in [1.29, 1.82) is 0 Å². The van der Waals surface area contributed by atoms with E-state index in [9.17, 15) is 18.3 Å². The first-order valence-electron chi connectivity index (χ1n) is 6.22. The molecule has 0 atom stereocenters. The van der Waals surface area contributed by atoms with E-state index < -0.39 is 16.0 Å². The first-order valence-corrected chi connectivity index (χ1v) is 7.66. The largest absolute Gasteiger partial charge is 0.478 e. The Morgan fingerprint density at radius 3 is 2.29 bits per heavy atom. The third kappa shape index (κ3) is 2.90. The SMILES string of the molecule is Cc1ccc(S(=O)(=O)N(C)c2ccccc2)c(C(=O)O)c1. The van der Waals surface area contributed by atoms with Crippen LogP contribution in [-0.2, 0) is 10.0 Å². The molecule has 0 aliphatic rings. The molecular formula is C15H15NO4S. The Labute approximate surface area is 123 Å². The third-order valence-electron chi connectivity index (χ3n) is 3.12. The van der Waals surface area contributed by atoms with Gasteiger partial charge in [0.05, 0.1) is 11.3 Å². The number of sulfonamides is 1. The van der Waals surface area contributed by atoms with Crippen molar-refractivity contribution in [3.8, 4) is 0 Å². The van der Waals surface area contributed by atoms with Crippen LogP contribution in [0.2, 0.25) is 0 Å². The van der Waals surface area contributed by atoms with Crippen LogP contribution in [0.25, 0.3) is 0 Å². The van der Waals surface area contributed by atoms with Gasteiger partial charge in [-0.1, -0.05) is 29.8 Å². The van der Waals surface area contributed by atoms with E-state index in [2.05, 4.69) is 0 Å². The predicted molar refractivity (Wildman–Crippen MR) is 80.2 cm³/mol. The Morgan fingerprint density at radius 2 is 1.71 bits per heavy atom. The molecule has 2 aromatic carbocycles. The van der Waals surface area contributed by atoms with Gasteiger partial charge >= 0.3 is 5.97 Å². The van der Waals surface area contributed by atoms with Crippen molar-refractivity contribution in [2.75, 3.05) is 11.4 Å². The van der Waals surface area contributed by atoms with Gasteiger partial charge in [0.2, 0.25) is 0 Å². The Bertz CT molecular complexity index is 770. The number of para-hydroxylation sites is 1. The molecule has 0 radical (unpaired) electrons. The Hall–Kier alpha value is -2.34. The van der Waals surface area contributed by atoms with Crippen LogP contribution in [0, 0.1) is 6.92 Å². The van der Waals surface area contributed by atoms with Crippen LogP contribution in [0.5, 0.6) is 0 Å². The summed E-state index contributed by atoms with van der Waals surface area (Å²) in [6.45, 7) is 1.71. The normalized spacial score (nSPS) is 11.1. The average molecular weight is 305 g/mol. The molecule has 1 N–H and O–H groups in total. The Kier molecular flexibility index (Phi) is 3.99. The van der Waals surface area contributed by atoms with Gasteiger partial charge in [-0.15, -0.1) is 0 Å². The topological polar surface area (TPSA) is 74.7 Å². The lowest BCUT2D eigenvalue weighted by atomic mass is 10.1. The quantitative estimate of drug-likeness (QED) is 0.942. The molecule has 0 unspecified atom stereocenters. The molecule has 0 amide bonds. The van der Waals surface area contributed by atoms with Gasteiger partial charge < -0.3 is 5.11 Å². The van der Waals surface area contributed by atoms with Crippen molar-refractivity contribution >= 4 is 21.7 Å². The lowest BCUT2D eigenvalue weighted by Crippen LogP contribution is -2.28. The zero-order chi connectivity index (χ0) is 15.6. The van der Waals surface area contributed by atoms with Crippen molar-refractivity contribution in [1.82, 2.24) is 0 Å². The van der Waals surface area contributed by atoms with E-state index in [4.69, 9.17) is 0 Å². The van der Waals surface area contributed by atoms with E-state index >= 15 is 0 Å². The lowest BCUT2D eigenvalue weighted by Gasteiger charge is -2.20. The molecule has 0 spiro atoms. The highest BCUT2D eigenvalue weighted by Crippen LogP contribution is 2.25. The summed E-state index contributed by atoms with van der Waals surface area (Å²) in [6, 6.07) is 12.8. The standard InChI is InChI=1S/C15H15NO4S/c1-11-8-9-14(13(10-11)15(17)18)21(19,20)16(2)12-6-4-3-5-7-12/h3-10H,1-2H3,(H,17,18). The second-order valence-corrected chi connectivity index (χ2v) is 6.55. The molecule has 0 saturated carbocycles. The molecule has 21 heavy (non-hydrogen) atoms. The minimum absolute atomic E-state index is 0.216. The summed E-state index contributed by atoms with van der Waals surface area (Å²) >= 11 is 0. The number of hydrogen-bond donors (Lipinski definition) is 1. The molecule has 6 heteroatoms. The summed E-state index contributed by atoms with van der Waals surface area (Å²) in [5.74, 6) is -1.27. The second kappa shape index (κ2) is 5.57. The van der Waals surface area contributed by atoms with Gasteiger partial charge in [0, 0.05) is 7.05 Å². The maximum absolute atomic E-state index is 12.6. The van der Waals surface area contributed by atoms with Crippen molar-refractivity contribution in [2.24, 2.45) is 0 Å². The molecule has 110 valence electrons. The first-order chi connectivity index (χ1) is 9.84. The number of carboxylic acid groups (broad SMARTS) is 1. The third-order valence-corrected chi connectivity index (χ3v) is 4.97. The second-order valence-electron chi connectivity index (χ2n) is 4.61. The smallest absolute Gasteiger partial charge is 0.337 e. The highest BCUT2D eigenvalue weighted by molar-refractivity contribution is 7.92. The minimum Gasteiger partial charge on any atom is -0.478 e. The van der Waals surface area contributed by atoms with Gasteiger partial charge in [-0.2, -0.15) is 0 Å². The summed E-state index contributed by atoms with van der Waals surface area (Å²) in [5.41, 5.74) is 0.931. The number of carboxylic acids is 1. The minimum atomic E-state index is -3.93. The van der Waals surface area contributed by atoms with E-state index in [1.807, 2.05) is 0 Å². The summed E-state index contributed by atoms with van der Waals surface area (Å²) in [5, 5.41) is 9.22. The number of aryl methyl sites for hydroxylation is 1. The van der Waals surface area contributed by atoms with Crippen LogP contribution in [0.3, 0.4) is 0 Å². The summed E-state index contributed by atoms with van der Waals surface area (Å²) < 4.78 is 26.3. The summed E-state index contributed by atoms with van der Waals surface area (Å²) in [4.78, 5) is 11.1. The molecule has 2 rings (SSSR count). The number of hydrogen-bond acceptors (Lipinski definition) is 3. The number of rotatable bonds is 4. The van der Waals surface area contributed by atoms with Crippen LogP contribution in [0.1, 0.15) is 15.9 Å². The fraction of sp³-hybridized carbons (Fsp3) is 0.133. The molecular weight excluding hydrogens is 290 g/mol. The van der Waals surface area contributed by atoms with Crippen LogP contribution in [0.15, 0.2) is 53.4 Å². The van der Waals surface area contributed by atoms with Gasteiger partial charge in [-0.25, -0.2) is 13.2 Å². The summed E-state index contributed by atoms with van der Waals surface area (Å²) in [7, 11) is -2.53. The fourth-order valence-corrected chi connectivity index (χ4v) is 3.32. The number of benzene rings is 2. The van der Waals surface area contributed by atoms with Crippen LogP contribution < -0.4 is 4.31 Å². The monoisotopic (exact) mass is 305 g/mol. The van der Waals surface area contributed by atoms with Crippen LogP contribution >= 0.6 is 0 Å². The zero-order valence-electron chi connectivity index (χ0n) is 11.6. The molecule has 0 aliphatic heterocycles. The van der Waals surface area contributed by atoms with E-state index in [0.29, 0.717) is 11.3 Å². The van der Waals surface area contributed by atoms with Crippen molar-refractivity contribution in [2.45, 2.75) is 11.8 Å². The van der Waals surface area contributed by atoms with Crippen molar-refractivity contribution in [3.05, 3.63) is 59.7 Å². The average Bonchev–Trinajstić information content (AvgIpc) is 2.47. The lowest BCUT2D eigenvalue weighted by molar-refractivity contribution is 0.0692. The van der Waals surface area contributed by atoms with Gasteiger partial charge in [0.15, 0.2) is 0 Å². The van der Waals surface area contributed by atoms with Gasteiger partial charge in [-0.3, -0.25) is 4.31 Å². The number of aromatic carboxylic acids is 1. The maximum atomic E-state index is 12.6. The molecule has 0 bridgehead atoms. The molecule has 0 heterocycles. The zero-order valence-corrected chi connectivity index (χ0v) is 12.5. The van der Waals surface area contributed by atoms with Gasteiger partial charge in [0.25, 0.3) is 10.0 Å². The van der Waals surface area contributed by atoms with Crippen LogP contribution in [0.4, 0.5) is 5.69 Å². The maximum Gasteiger partial charge on any atom is 0.337 e. The fourth-order valence-electron chi connectivity index (χ4n) is 1.96.